The Hall–Kier alpha value is -3.02. The number of primary sulfonamides is 1. The molecule has 5 rings (SSSR count). The van der Waals surface area contributed by atoms with Crippen LogP contribution in [0.25, 0.3) is 11.0 Å². The highest BCUT2D eigenvalue weighted by Gasteiger charge is 2.48. The molecule has 0 saturated heterocycles. The molecule has 1 fully saturated rings. The summed E-state index contributed by atoms with van der Waals surface area (Å²) < 4.78 is 30.5. The molecule has 10 nitrogen and oxygen atoms in total. The van der Waals surface area contributed by atoms with Crippen molar-refractivity contribution in [3.63, 3.8) is 0 Å². The fourth-order valence-electron chi connectivity index (χ4n) is 4.77. The van der Waals surface area contributed by atoms with E-state index < -0.39 is 21.8 Å². The number of anilines is 2. The summed E-state index contributed by atoms with van der Waals surface area (Å²) in [5, 5.41) is 12.1. The van der Waals surface area contributed by atoms with E-state index in [9.17, 15) is 13.2 Å². The van der Waals surface area contributed by atoms with E-state index in [1.807, 2.05) is 10.6 Å². The largest absolute Gasteiger partial charge is 0.356 e. The number of nitrogens with two attached hydrogens (primary N) is 1. The predicted molar refractivity (Wildman–Crippen MR) is 118 cm³/mol. The van der Waals surface area contributed by atoms with Gasteiger partial charge in [-0.2, -0.15) is 4.98 Å². The lowest BCUT2D eigenvalue weighted by Gasteiger charge is -2.43. The number of sulfonamides is 1. The third kappa shape index (κ3) is 3.33. The first kappa shape index (κ1) is 20.9. The topological polar surface area (TPSA) is 141 Å². The van der Waals surface area contributed by atoms with Gasteiger partial charge < -0.3 is 19.9 Å². The summed E-state index contributed by atoms with van der Waals surface area (Å²) in [6.07, 6.45) is 5.69. The number of fused-ring (bicyclic) bond motifs is 4. The Kier molecular flexibility index (Phi) is 4.91. The summed E-state index contributed by atoms with van der Waals surface area (Å²) in [6, 6.07) is 7.99. The lowest BCUT2D eigenvalue weighted by atomic mass is 9.79. The van der Waals surface area contributed by atoms with Gasteiger partial charge in [-0.1, -0.05) is 19.3 Å². The van der Waals surface area contributed by atoms with Gasteiger partial charge in [0.25, 0.3) is 0 Å². The number of rotatable bonds is 4. The van der Waals surface area contributed by atoms with Crippen molar-refractivity contribution in [2.24, 2.45) is 5.14 Å². The molecule has 2 aromatic heterocycles. The average Bonchev–Trinajstić information content (AvgIpc) is 3.16. The van der Waals surface area contributed by atoms with Gasteiger partial charge in [0.1, 0.15) is 11.2 Å². The van der Waals surface area contributed by atoms with Crippen LogP contribution < -0.4 is 15.8 Å². The summed E-state index contributed by atoms with van der Waals surface area (Å²) in [4.78, 5) is 22.4. The number of carbonyl (C=O) groups is 1. The fraction of sp³-hybridized carbons (Fsp3) is 0.381. The minimum Gasteiger partial charge on any atom is -0.356 e. The molecule has 1 aliphatic heterocycles. The van der Waals surface area contributed by atoms with Crippen LogP contribution in [-0.4, -0.2) is 36.0 Å². The van der Waals surface area contributed by atoms with Crippen molar-refractivity contribution in [3.8, 4) is 0 Å². The molecule has 168 valence electrons. The van der Waals surface area contributed by atoms with Gasteiger partial charge >= 0.3 is 0 Å². The minimum atomic E-state index is -3.77. The number of methoxy groups -OCH3 is 1. The number of amides is 1. The van der Waals surface area contributed by atoms with Gasteiger partial charge in [0.05, 0.1) is 10.6 Å². The average molecular weight is 457 g/mol. The smallest absolute Gasteiger partial charge is 0.248 e. The summed E-state index contributed by atoms with van der Waals surface area (Å²) in [7, 11) is -2.20. The van der Waals surface area contributed by atoms with E-state index in [2.05, 4.69) is 15.6 Å². The molecule has 1 unspecified atom stereocenters. The Morgan fingerprint density at radius 1 is 1.22 bits per heavy atom. The van der Waals surface area contributed by atoms with E-state index in [1.54, 1.807) is 25.4 Å². The summed E-state index contributed by atoms with van der Waals surface area (Å²) in [5.74, 6) is 0.299. The second kappa shape index (κ2) is 7.54. The third-order valence-electron chi connectivity index (χ3n) is 6.31. The molecule has 3 heterocycles. The van der Waals surface area contributed by atoms with Crippen LogP contribution in [0.2, 0.25) is 0 Å². The highest BCUT2D eigenvalue weighted by atomic mass is 32.2. The Labute approximate surface area is 185 Å². The zero-order valence-electron chi connectivity index (χ0n) is 17.5. The maximum absolute atomic E-state index is 13.2. The molecule has 0 radical (unpaired) electrons. The highest BCUT2D eigenvalue weighted by Crippen LogP contribution is 2.43. The molecule has 1 atom stereocenters. The number of hydrogen-bond donors (Lipinski definition) is 3. The van der Waals surface area contributed by atoms with Crippen LogP contribution in [-0.2, 0) is 25.1 Å². The number of nitrogens with one attached hydrogen (secondary N) is 2. The van der Waals surface area contributed by atoms with E-state index in [0.29, 0.717) is 17.3 Å². The number of nitrogens with zero attached hydrogens (tertiary/aromatic N) is 3. The molecule has 1 aliphatic carbocycles. The number of hydrogen-bond acceptors (Lipinski definition) is 7. The van der Waals surface area contributed by atoms with Crippen LogP contribution in [0.5, 0.6) is 0 Å². The molecule has 32 heavy (non-hydrogen) atoms. The van der Waals surface area contributed by atoms with Gasteiger partial charge in [-0.05, 0) is 43.2 Å². The van der Waals surface area contributed by atoms with Gasteiger partial charge in [0.2, 0.25) is 21.9 Å². The lowest BCUT2D eigenvalue weighted by molar-refractivity contribution is -0.139. The van der Waals surface area contributed by atoms with Crippen molar-refractivity contribution in [1.29, 1.82) is 0 Å². The van der Waals surface area contributed by atoms with Crippen molar-refractivity contribution < 1.29 is 17.9 Å². The van der Waals surface area contributed by atoms with Crippen LogP contribution in [0.3, 0.4) is 0 Å². The van der Waals surface area contributed by atoms with E-state index in [-0.39, 0.29) is 10.8 Å². The third-order valence-corrected chi connectivity index (χ3v) is 7.24. The SMILES string of the molecule is COC1NC(=O)C2(CCCCC2)n2c1cc1cnc(Nc3ccc(S(N)(=O)=O)cc3)nc12. The van der Waals surface area contributed by atoms with Crippen LogP contribution in [0.15, 0.2) is 41.4 Å². The Bertz CT molecular complexity index is 1300. The van der Waals surface area contributed by atoms with Gasteiger partial charge in [-0.25, -0.2) is 18.5 Å². The van der Waals surface area contributed by atoms with Crippen molar-refractivity contribution in [2.75, 3.05) is 12.4 Å². The molecule has 1 spiro atoms. The van der Waals surface area contributed by atoms with Crippen molar-refractivity contribution in [3.05, 3.63) is 42.2 Å². The first-order chi connectivity index (χ1) is 15.3. The Balaban J connectivity index is 1.58. The Morgan fingerprint density at radius 3 is 2.59 bits per heavy atom. The van der Waals surface area contributed by atoms with E-state index in [4.69, 9.17) is 14.9 Å². The van der Waals surface area contributed by atoms with E-state index >= 15 is 0 Å². The number of ether oxygens (including phenoxy) is 1. The van der Waals surface area contributed by atoms with Gasteiger partial charge in [0.15, 0.2) is 6.23 Å². The summed E-state index contributed by atoms with van der Waals surface area (Å²) in [5.41, 5.74) is 1.44. The molecular weight excluding hydrogens is 432 g/mol. The molecule has 2 aliphatic rings. The van der Waals surface area contributed by atoms with Crippen molar-refractivity contribution in [1.82, 2.24) is 19.9 Å². The number of benzene rings is 1. The summed E-state index contributed by atoms with van der Waals surface area (Å²) in [6.45, 7) is 0. The zero-order valence-corrected chi connectivity index (χ0v) is 18.4. The lowest BCUT2D eigenvalue weighted by Crippen LogP contribution is -2.56. The maximum Gasteiger partial charge on any atom is 0.248 e. The van der Waals surface area contributed by atoms with Crippen molar-refractivity contribution >= 4 is 38.6 Å². The minimum absolute atomic E-state index is 0.0240. The van der Waals surface area contributed by atoms with Gasteiger partial charge in [-0.3, -0.25) is 4.79 Å². The van der Waals surface area contributed by atoms with Gasteiger partial charge in [0, 0.05) is 24.4 Å². The van der Waals surface area contributed by atoms with Crippen LogP contribution in [0.1, 0.15) is 44.0 Å². The summed E-state index contributed by atoms with van der Waals surface area (Å²) >= 11 is 0. The molecular formula is C21H24N6O4S. The number of carbonyl (C=O) groups excluding carboxylic acids is 1. The second-order valence-corrected chi connectivity index (χ2v) is 9.81. The van der Waals surface area contributed by atoms with Crippen LogP contribution in [0.4, 0.5) is 11.6 Å². The molecule has 4 N–H and O–H groups in total. The molecule has 1 amide bonds. The predicted octanol–water partition coefficient (Wildman–Crippen LogP) is 2.26. The Morgan fingerprint density at radius 2 is 1.94 bits per heavy atom. The molecule has 11 heteroatoms. The molecule has 0 bridgehead atoms. The highest BCUT2D eigenvalue weighted by molar-refractivity contribution is 7.89. The molecule has 3 aromatic rings. The molecule has 1 aromatic carbocycles. The first-order valence-corrected chi connectivity index (χ1v) is 12.0. The second-order valence-electron chi connectivity index (χ2n) is 8.25. The van der Waals surface area contributed by atoms with E-state index in [1.165, 1.54) is 12.1 Å². The maximum atomic E-state index is 13.2. The molecule has 1 saturated carbocycles. The zero-order chi connectivity index (χ0) is 22.5. The standard InChI is InChI=1S/C21H24N6O4S/c1-31-18-16-11-13-12-23-20(24-14-5-7-15(8-6-14)32(22,29)30)25-17(13)27(16)21(19(28)26-18)9-3-2-4-10-21/h5-8,11-12,18H,2-4,9-10H2,1H3,(H,26,28)(H2,22,29,30)(H,23,24,25). The number of aromatic nitrogens is 3. The van der Waals surface area contributed by atoms with Crippen molar-refractivity contribution in [2.45, 2.75) is 48.8 Å². The van der Waals surface area contributed by atoms with Crippen LogP contribution >= 0.6 is 0 Å². The quantitative estimate of drug-likeness (QED) is 0.547. The first-order valence-electron chi connectivity index (χ1n) is 10.4. The van der Waals surface area contributed by atoms with Crippen LogP contribution in [0, 0.1) is 0 Å². The van der Waals surface area contributed by atoms with E-state index in [0.717, 1.165) is 43.2 Å². The normalized spacial score (nSPS) is 20.2. The monoisotopic (exact) mass is 456 g/mol. The fourth-order valence-corrected chi connectivity index (χ4v) is 5.28. The van der Waals surface area contributed by atoms with Gasteiger partial charge in [-0.15, -0.1) is 0 Å².